The highest BCUT2D eigenvalue weighted by atomic mass is 32.2. The van der Waals surface area contributed by atoms with Crippen LogP contribution in [0.1, 0.15) is 30.9 Å². The average molecular weight is 241 g/mol. The summed E-state index contributed by atoms with van der Waals surface area (Å²) in [6.07, 6.45) is 10.3. The smallest absolute Gasteiger partial charge is 0.0434 e. The number of nitrogens with zero attached hydrogens (tertiary/aromatic N) is 1. The molecule has 1 fully saturated rings. The van der Waals surface area contributed by atoms with E-state index < -0.39 is 0 Å². The first kappa shape index (κ1) is 12.0. The van der Waals surface area contributed by atoms with Crippen LogP contribution in [0.3, 0.4) is 0 Å². The third kappa shape index (κ3) is 4.50. The fourth-order valence-electron chi connectivity index (χ4n) is 1.27. The number of rotatable bonds is 3. The standard InChI is InChI=1S/C15H15NS/c1-2-8-17-9-7-15-10-14(11-16-12-15)6-5-13-3-4-13/h2,7-13H,3-4H2,1H3/b8-2-,9-7+. The number of hydrogen-bond donors (Lipinski definition) is 0. The van der Waals surface area contributed by atoms with Crippen LogP contribution in [0.5, 0.6) is 0 Å². The fraction of sp³-hybridized carbons (Fsp3) is 0.267. The molecule has 0 radical (unpaired) electrons. The van der Waals surface area contributed by atoms with Gasteiger partial charge in [0.1, 0.15) is 0 Å². The van der Waals surface area contributed by atoms with E-state index in [0.29, 0.717) is 5.92 Å². The summed E-state index contributed by atoms with van der Waals surface area (Å²) in [5.74, 6) is 7.07. The zero-order valence-electron chi connectivity index (χ0n) is 9.89. The zero-order valence-corrected chi connectivity index (χ0v) is 10.7. The molecule has 1 aromatic rings. The van der Waals surface area contributed by atoms with Crippen LogP contribution in [-0.2, 0) is 0 Å². The van der Waals surface area contributed by atoms with Crippen LogP contribution in [0.2, 0.25) is 0 Å². The van der Waals surface area contributed by atoms with Gasteiger partial charge >= 0.3 is 0 Å². The first-order chi connectivity index (χ1) is 8.38. The summed E-state index contributed by atoms with van der Waals surface area (Å²) >= 11 is 1.66. The van der Waals surface area contributed by atoms with Crippen molar-refractivity contribution in [3.8, 4) is 11.8 Å². The van der Waals surface area contributed by atoms with Gasteiger partial charge in [0.05, 0.1) is 0 Å². The lowest BCUT2D eigenvalue weighted by molar-refractivity contribution is 1.18. The molecular weight excluding hydrogens is 226 g/mol. The first-order valence-corrected chi connectivity index (χ1v) is 6.72. The Morgan fingerprint density at radius 3 is 3.00 bits per heavy atom. The highest BCUT2D eigenvalue weighted by Crippen LogP contribution is 2.27. The third-order valence-corrected chi connectivity index (χ3v) is 3.03. The van der Waals surface area contributed by atoms with Crippen molar-refractivity contribution >= 4 is 17.8 Å². The minimum Gasteiger partial charge on any atom is -0.263 e. The van der Waals surface area contributed by atoms with Gasteiger partial charge in [0, 0.05) is 23.9 Å². The van der Waals surface area contributed by atoms with Crippen LogP contribution in [-0.4, -0.2) is 4.98 Å². The van der Waals surface area contributed by atoms with Crippen LogP contribution in [0.15, 0.2) is 35.4 Å². The van der Waals surface area contributed by atoms with E-state index in [-0.39, 0.29) is 0 Å². The normalized spacial score (nSPS) is 15.1. The van der Waals surface area contributed by atoms with E-state index in [9.17, 15) is 0 Å². The molecule has 0 aliphatic heterocycles. The van der Waals surface area contributed by atoms with Gasteiger partial charge in [0.25, 0.3) is 0 Å². The summed E-state index contributed by atoms with van der Waals surface area (Å²) in [5.41, 5.74) is 2.11. The Morgan fingerprint density at radius 1 is 1.35 bits per heavy atom. The van der Waals surface area contributed by atoms with Crippen molar-refractivity contribution < 1.29 is 0 Å². The van der Waals surface area contributed by atoms with Gasteiger partial charge in [-0.05, 0) is 48.3 Å². The zero-order chi connectivity index (χ0) is 11.9. The van der Waals surface area contributed by atoms with Gasteiger partial charge < -0.3 is 0 Å². The van der Waals surface area contributed by atoms with E-state index >= 15 is 0 Å². The van der Waals surface area contributed by atoms with Crippen molar-refractivity contribution in [3.05, 3.63) is 46.5 Å². The molecule has 0 spiro atoms. The molecule has 1 heterocycles. The largest absolute Gasteiger partial charge is 0.263 e. The van der Waals surface area contributed by atoms with Crippen molar-refractivity contribution in [2.45, 2.75) is 19.8 Å². The highest BCUT2D eigenvalue weighted by Gasteiger charge is 2.17. The molecule has 17 heavy (non-hydrogen) atoms. The van der Waals surface area contributed by atoms with E-state index in [2.05, 4.69) is 34.4 Å². The summed E-state index contributed by atoms with van der Waals surface area (Å²) in [6.45, 7) is 2.01. The molecule has 0 bridgehead atoms. The number of allylic oxidation sites excluding steroid dienone is 1. The van der Waals surface area contributed by atoms with Crippen molar-refractivity contribution in [1.82, 2.24) is 4.98 Å². The van der Waals surface area contributed by atoms with E-state index in [1.807, 2.05) is 30.8 Å². The molecule has 2 rings (SSSR count). The molecule has 0 atom stereocenters. The second-order valence-electron chi connectivity index (χ2n) is 3.96. The molecule has 1 aliphatic carbocycles. The molecule has 1 aromatic heterocycles. The highest BCUT2D eigenvalue weighted by molar-refractivity contribution is 8.05. The number of pyridine rings is 1. The molecule has 0 unspecified atom stereocenters. The van der Waals surface area contributed by atoms with Crippen LogP contribution in [0.25, 0.3) is 6.08 Å². The lowest BCUT2D eigenvalue weighted by Gasteiger charge is -1.93. The summed E-state index contributed by atoms with van der Waals surface area (Å²) in [4.78, 5) is 4.20. The Balaban J connectivity index is 2.01. The maximum atomic E-state index is 4.20. The molecule has 0 aromatic carbocycles. The van der Waals surface area contributed by atoms with Crippen molar-refractivity contribution in [1.29, 1.82) is 0 Å². The maximum absolute atomic E-state index is 4.20. The molecule has 86 valence electrons. The van der Waals surface area contributed by atoms with Crippen LogP contribution >= 0.6 is 11.8 Å². The second-order valence-corrected chi connectivity index (χ2v) is 4.78. The SMILES string of the molecule is C/C=C\S/C=C/c1cncc(C#CC2CC2)c1. The van der Waals surface area contributed by atoms with Gasteiger partial charge in [-0.3, -0.25) is 4.98 Å². The number of hydrogen-bond acceptors (Lipinski definition) is 2. The number of thioether (sulfide) groups is 1. The van der Waals surface area contributed by atoms with E-state index in [1.54, 1.807) is 11.8 Å². The van der Waals surface area contributed by atoms with Crippen molar-refractivity contribution in [2.75, 3.05) is 0 Å². The Morgan fingerprint density at radius 2 is 2.24 bits per heavy atom. The Kier molecular flexibility index (Phi) is 4.46. The molecule has 2 heteroatoms. The molecule has 0 N–H and O–H groups in total. The van der Waals surface area contributed by atoms with Gasteiger partial charge in [-0.25, -0.2) is 0 Å². The van der Waals surface area contributed by atoms with Crippen molar-refractivity contribution in [2.24, 2.45) is 5.92 Å². The van der Waals surface area contributed by atoms with Gasteiger partial charge in [-0.15, -0.1) is 11.8 Å². The molecular formula is C15H15NS. The second kappa shape index (κ2) is 6.32. The first-order valence-electron chi connectivity index (χ1n) is 5.78. The Hall–Kier alpha value is -1.46. The predicted octanol–water partition coefficient (Wildman–Crippen LogP) is 4.08. The Labute approximate surface area is 107 Å². The van der Waals surface area contributed by atoms with Gasteiger partial charge in [0.2, 0.25) is 0 Å². The Bertz CT molecular complexity index is 487. The quantitative estimate of drug-likeness (QED) is 0.740. The predicted molar refractivity (Wildman–Crippen MR) is 75.3 cm³/mol. The van der Waals surface area contributed by atoms with Crippen LogP contribution in [0.4, 0.5) is 0 Å². The lowest BCUT2D eigenvalue weighted by Crippen LogP contribution is -1.81. The minimum absolute atomic E-state index is 0.638. The average Bonchev–Trinajstić information content (AvgIpc) is 3.17. The van der Waals surface area contributed by atoms with Crippen LogP contribution < -0.4 is 0 Å². The van der Waals surface area contributed by atoms with E-state index in [1.165, 1.54) is 12.8 Å². The molecule has 1 aliphatic rings. The molecule has 1 saturated carbocycles. The summed E-state index contributed by atoms with van der Waals surface area (Å²) in [6, 6.07) is 2.08. The topological polar surface area (TPSA) is 12.9 Å². The van der Waals surface area contributed by atoms with E-state index in [4.69, 9.17) is 0 Å². The summed E-state index contributed by atoms with van der Waals surface area (Å²) < 4.78 is 0. The molecule has 0 saturated heterocycles. The minimum atomic E-state index is 0.638. The third-order valence-electron chi connectivity index (χ3n) is 2.31. The van der Waals surface area contributed by atoms with Gasteiger partial charge in [0.15, 0.2) is 0 Å². The summed E-state index contributed by atoms with van der Waals surface area (Å²) in [7, 11) is 0. The monoisotopic (exact) mass is 241 g/mol. The maximum Gasteiger partial charge on any atom is 0.0434 e. The lowest BCUT2D eigenvalue weighted by atomic mass is 10.2. The van der Waals surface area contributed by atoms with Gasteiger partial charge in [-0.2, -0.15) is 0 Å². The van der Waals surface area contributed by atoms with Gasteiger partial charge in [-0.1, -0.05) is 17.9 Å². The van der Waals surface area contributed by atoms with Crippen molar-refractivity contribution in [3.63, 3.8) is 0 Å². The van der Waals surface area contributed by atoms with Crippen LogP contribution in [0, 0.1) is 17.8 Å². The molecule has 0 amide bonds. The molecule has 1 nitrogen and oxygen atoms in total. The summed E-state index contributed by atoms with van der Waals surface area (Å²) in [5, 5.41) is 4.09. The van der Waals surface area contributed by atoms with E-state index in [0.717, 1.165) is 11.1 Å². The fourth-order valence-corrected chi connectivity index (χ4v) is 1.76. The number of aromatic nitrogens is 1.